The SMILES string of the molecule is Cc1cccc(CNc2ccc(C(=O)O)c(Br)c2)c1. The van der Waals surface area contributed by atoms with Crippen LogP contribution in [0.3, 0.4) is 0 Å². The Morgan fingerprint density at radius 1 is 1.26 bits per heavy atom. The van der Waals surface area contributed by atoms with Crippen LogP contribution in [0.5, 0.6) is 0 Å². The van der Waals surface area contributed by atoms with Crippen molar-refractivity contribution in [3.63, 3.8) is 0 Å². The van der Waals surface area contributed by atoms with Crippen molar-refractivity contribution in [1.82, 2.24) is 0 Å². The van der Waals surface area contributed by atoms with Gasteiger partial charge < -0.3 is 10.4 Å². The Bertz CT molecular complexity index is 611. The van der Waals surface area contributed by atoms with Gasteiger partial charge in [-0.2, -0.15) is 0 Å². The average molecular weight is 320 g/mol. The molecule has 0 aliphatic rings. The van der Waals surface area contributed by atoms with Gasteiger partial charge in [-0.25, -0.2) is 4.79 Å². The first kappa shape index (κ1) is 13.6. The van der Waals surface area contributed by atoms with E-state index in [1.807, 2.05) is 6.07 Å². The second kappa shape index (κ2) is 5.89. The fourth-order valence-corrected chi connectivity index (χ4v) is 2.37. The first-order valence-corrected chi connectivity index (χ1v) is 6.68. The van der Waals surface area contributed by atoms with Crippen molar-refractivity contribution >= 4 is 27.6 Å². The number of anilines is 1. The first-order chi connectivity index (χ1) is 9.06. The molecule has 2 N–H and O–H groups in total. The summed E-state index contributed by atoms with van der Waals surface area (Å²) >= 11 is 3.26. The number of halogens is 1. The molecule has 0 unspecified atom stereocenters. The van der Waals surface area contributed by atoms with E-state index in [4.69, 9.17) is 5.11 Å². The molecular formula is C15H14BrNO2. The second-order valence-corrected chi connectivity index (χ2v) is 5.20. The molecule has 4 heteroatoms. The summed E-state index contributed by atoms with van der Waals surface area (Å²) in [5, 5.41) is 12.2. The minimum atomic E-state index is -0.933. The lowest BCUT2D eigenvalue weighted by molar-refractivity contribution is 0.0696. The normalized spacial score (nSPS) is 10.2. The fraction of sp³-hybridized carbons (Fsp3) is 0.133. The molecule has 0 aliphatic heterocycles. The molecule has 0 amide bonds. The maximum Gasteiger partial charge on any atom is 0.336 e. The van der Waals surface area contributed by atoms with E-state index in [0.29, 0.717) is 11.0 Å². The largest absolute Gasteiger partial charge is 0.478 e. The summed E-state index contributed by atoms with van der Waals surface area (Å²) in [5.74, 6) is -0.933. The molecule has 2 rings (SSSR count). The maximum atomic E-state index is 10.9. The van der Waals surface area contributed by atoms with Crippen molar-refractivity contribution in [3.05, 3.63) is 63.6 Å². The van der Waals surface area contributed by atoms with Gasteiger partial charge in [-0.1, -0.05) is 29.8 Å². The molecule has 2 aromatic rings. The van der Waals surface area contributed by atoms with Gasteiger partial charge in [0.25, 0.3) is 0 Å². The summed E-state index contributed by atoms with van der Waals surface area (Å²) in [4.78, 5) is 10.9. The molecule has 0 radical (unpaired) electrons. The highest BCUT2D eigenvalue weighted by molar-refractivity contribution is 9.10. The number of aromatic carboxylic acids is 1. The van der Waals surface area contributed by atoms with Crippen LogP contribution in [-0.4, -0.2) is 11.1 Å². The van der Waals surface area contributed by atoms with Gasteiger partial charge in [-0.3, -0.25) is 0 Å². The van der Waals surface area contributed by atoms with E-state index in [2.05, 4.69) is 46.4 Å². The van der Waals surface area contributed by atoms with E-state index in [9.17, 15) is 4.79 Å². The van der Waals surface area contributed by atoms with Crippen LogP contribution in [0, 0.1) is 6.92 Å². The van der Waals surface area contributed by atoms with Gasteiger partial charge >= 0.3 is 5.97 Å². The zero-order valence-corrected chi connectivity index (χ0v) is 12.1. The molecule has 3 nitrogen and oxygen atoms in total. The molecule has 0 heterocycles. The van der Waals surface area contributed by atoms with Gasteiger partial charge in [0.1, 0.15) is 0 Å². The Balaban J connectivity index is 2.08. The Morgan fingerprint density at radius 3 is 2.68 bits per heavy atom. The van der Waals surface area contributed by atoms with Gasteiger partial charge in [0.05, 0.1) is 5.56 Å². The molecule has 0 aliphatic carbocycles. The van der Waals surface area contributed by atoms with Gasteiger partial charge in [-0.15, -0.1) is 0 Å². The molecule has 2 aromatic carbocycles. The molecule has 19 heavy (non-hydrogen) atoms. The summed E-state index contributed by atoms with van der Waals surface area (Å²) in [6, 6.07) is 13.4. The van der Waals surface area contributed by atoms with E-state index in [1.54, 1.807) is 18.2 Å². The summed E-state index contributed by atoms with van der Waals surface area (Å²) in [6.45, 7) is 2.77. The maximum absolute atomic E-state index is 10.9. The Kier molecular flexibility index (Phi) is 4.22. The lowest BCUT2D eigenvalue weighted by Gasteiger charge is -2.08. The number of hydrogen-bond acceptors (Lipinski definition) is 2. The van der Waals surface area contributed by atoms with Gasteiger partial charge in [0.15, 0.2) is 0 Å². The number of aryl methyl sites for hydroxylation is 1. The van der Waals surface area contributed by atoms with Crippen LogP contribution < -0.4 is 5.32 Å². The monoisotopic (exact) mass is 319 g/mol. The zero-order valence-electron chi connectivity index (χ0n) is 10.5. The third-order valence-electron chi connectivity index (χ3n) is 2.78. The summed E-state index contributed by atoms with van der Waals surface area (Å²) in [6.07, 6.45) is 0. The van der Waals surface area contributed by atoms with Crippen LogP contribution in [0.2, 0.25) is 0 Å². The molecule has 0 aromatic heterocycles. The predicted molar refractivity (Wildman–Crippen MR) is 79.6 cm³/mol. The average Bonchev–Trinajstić information content (AvgIpc) is 2.36. The number of carboxylic acid groups (broad SMARTS) is 1. The lowest BCUT2D eigenvalue weighted by Crippen LogP contribution is -2.02. The summed E-state index contributed by atoms with van der Waals surface area (Å²) in [7, 11) is 0. The number of rotatable bonds is 4. The van der Waals surface area contributed by atoms with E-state index in [-0.39, 0.29) is 5.56 Å². The standard InChI is InChI=1S/C15H14BrNO2/c1-10-3-2-4-11(7-10)9-17-12-5-6-13(15(18)19)14(16)8-12/h2-8,17H,9H2,1H3,(H,18,19). The van der Waals surface area contributed by atoms with Crippen molar-refractivity contribution in [2.45, 2.75) is 13.5 Å². The highest BCUT2D eigenvalue weighted by Crippen LogP contribution is 2.22. The van der Waals surface area contributed by atoms with Crippen molar-refractivity contribution in [2.24, 2.45) is 0 Å². The lowest BCUT2D eigenvalue weighted by atomic mass is 10.1. The van der Waals surface area contributed by atoms with E-state index in [0.717, 1.165) is 5.69 Å². The van der Waals surface area contributed by atoms with Crippen LogP contribution in [0.25, 0.3) is 0 Å². The molecule has 0 spiro atoms. The van der Waals surface area contributed by atoms with Crippen LogP contribution in [-0.2, 0) is 6.54 Å². The van der Waals surface area contributed by atoms with E-state index < -0.39 is 5.97 Å². The quantitative estimate of drug-likeness (QED) is 0.893. The molecule has 0 saturated carbocycles. The van der Waals surface area contributed by atoms with Gasteiger partial charge in [0.2, 0.25) is 0 Å². The van der Waals surface area contributed by atoms with E-state index >= 15 is 0 Å². The fourth-order valence-electron chi connectivity index (χ4n) is 1.82. The minimum Gasteiger partial charge on any atom is -0.478 e. The van der Waals surface area contributed by atoms with Gasteiger partial charge in [0, 0.05) is 16.7 Å². The van der Waals surface area contributed by atoms with Crippen LogP contribution in [0.4, 0.5) is 5.69 Å². The molecule has 0 bridgehead atoms. The third-order valence-corrected chi connectivity index (χ3v) is 3.43. The zero-order chi connectivity index (χ0) is 13.8. The number of nitrogens with one attached hydrogen (secondary N) is 1. The third kappa shape index (κ3) is 3.58. The highest BCUT2D eigenvalue weighted by Gasteiger charge is 2.08. The Hall–Kier alpha value is -1.81. The number of benzene rings is 2. The van der Waals surface area contributed by atoms with Crippen LogP contribution in [0.15, 0.2) is 46.9 Å². The number of carboxylic acids is 1. The second-order valence-electron chi connectivity index (χ2n) is 4.34. The molecule has 98 valence electrons. The molecular weight excluding hydrogens is 306 g/mol. The smallest absolute Gasteiger partial charge is 0.336 e. The summed E-state index contributed by atoms with van der Waals surface area (Å²) in [5.41, 5.74) is 3.57. The number of hydrogen-bond donors (Lipinski definition) is 2. The Morgan fingerprint density at radius 2 is 2.05 bits per heavy atom. The van der Waals surface area contributed by atoms with Gasteiger partial charge in [-0.05, 0) is 46.6 Å². The first-order valence-electron chi connectivity index (χ1n) is 5.88. The molecule has 0 saturated heterocycles. The van der Waals surface area contributed by atoms with Crippen LogP contribution in [0.1, 0.15) is 21.5 Å². The van der Waals surface area contributed by atoms with Crippen molar-refractivity contribution in [2.75, 3.05) is 5.32 Å². The molecule has 0 atom stereocenters. The predicted octanol–water partition coefficient (Wildman–Crippen LogP) is 4.07. The topological polar surface area (TPSA) is 49.3 Å². The van der Waals surface area contributed by atoms with Crippen molar-refractivity contribution < 1.29 is 9.90 Å². The number of carbonyl (C=O) groups is 1. The molecule has 0 fully saturated rings. The van der Waals surface area contributed by atoms with E-state index in [1.165, 1.54) is 11.1 Å². The minimum absolute atomic E-state index is 0.265. The summed E-state index contributed by atoms with van der Waals surface area (Å²) < 4.78 is 0.578. The Labute approximate surface area is 120 Å². The highest BCUT2D eigenvalue weighted by atomic mass is 79.9. The van der Waals surface area contributed by atoms with Crippen molar-refractivity contribution in [3.8, 4) is 0 Å². The van der Waals surface area contributed by atoms with Crippen LogP contribution >= 0.6 is 15.9 Å². The van der Waals surface area contributed by atoms with Crippen molar-refractivity contribution in [1.29, 1.82) is 0 Å².